The second-order valence-corrected chi connectivity index (χ2v) is 6.54. The van der Waals surface area contributed by atoms with E-state index in [0.717, 1.165) is 43.9 Å². The van der Waals surface area contributed by atoms with E-state index in [1.807, 2.05) is 0 Å². The zero-order chi connectivity index (χ0) is 15.5. The molecular weight excluding hydrogens is 278 g/mol. The predicted octanol–water partition coefficient (Wildman–Crippen LogP) is 2.76. The van der Waals surface area contributed by atoms with E-state index in [1.54, 1.807) is 7.11 Å². The van der Waals surface area contributed by atoms with Crippen LogP contribution in [0.15, 0.2) is 12.1 Å². The second kappa shape index (κ2) is 6.88. The highest BCUT2D eigenvalue weighted by Crippen LogP contribution is 2.38. The molecule has 22 heavy (non-hydrogen) atoms. The van der Waals surface area contributed by atoms with Crippen LogP contribution in [0.25, 0.3) is 0 Å². The van der Waals surface area contributed by atoms with Gasteiger partial charge in [0.15, 0.2) is 0 Å². The molecule has 0 radical (unpaired) electrons. The summed E-state index contributed by atoms with van der Waals surface area (Å²) >= 11 is 0. The lowest BCUT2D eigenvalue weighted by molar-refractivity contribution is 0.219. The van der Waals surface area contributed by atoms with Crippen LogP contribution >= 0.6 is 0 Å². The molecule has 1 heterocycles. The molecule has 1 aliphatic heterocycles. The van der Waals surface area contributed by atoms with Gasteiger partial charge < -0.3 is 14.6 Å². The number of ether oxygens (including phenoxy) is 2. The van der Waals surface area contributed by atoms with Crippen LogP contribution in [0.4, 0.5) is 0 Å². The fourth-order valence-electron chi connectivity index (χ4n) is 3.29. The van der Waals surface area contributed by atoms with E-state index in [-0.39, 0.29) is 12.7 Å². The molecule has 1 saturated carbocycles. The molecule has 1 unspecified atom stereocenters. The number of aliphatic hydroxyl groups is 1. The van der Waals surface area contributed by atoms with Crippen LogP contribution in [-0.2, 0) is 13.0 Å². The summed E-state index contributed by atoms with van der Waals surface area (Å²) in [7, 11) is 1.73. The van der Waals surface area contributed by atoms with Gasteiger partial charge in [0.25, 0.3) is 0 Å². The van der Waals surface area contributed by atoms with Crippen molar-refractivity contribution >= 4 is 0 Å². The Morgan fingerprint density at radius 3 is 2.82 bits per heavy atom. The number of unbranched alkanes of at least 4 members (excludes halogenated alkanes) is 1. The number of rotatable bonds is 8. The third-order valence-corrected chi connectivity index (χ3v) is 4.57. The van der Waals surface area contributed by atoms with Gasteiger partial charge in [-0.15, -0.1) is 0 Å². The highest BCUT2D eigenvalue weighted by atomic mass is 16.5. The lowest BCUT2D eigenvalue weighted by atomic mass is 10.1. The molecule has 1 aliphatic carbocycles. The number of methoxy groups -OCH3 is 1. The Balaban J connectivity index is 1.76. The van der Waals surface area contributed by atoms with Crippen molar-refractivity contribution in [2.75, 3.05) is 20.3 Å². The van der Waals surface area contributed by atoms with Crippen LogP contribution in [-0.4, -0.2) is 42.4 Å². The van der Waals surface area contributed by atoms with Crippen molar-refractivity contribution in [2.24, 2.45) is 0 Å². The number of nitrogens with zero attached hydrogens (tertiary/aromatic N) is 1. The van der Waals surface area contributed by atoms with Gasteiger partial charge in [-0.05, 0) is 51.3 Å². The molecule has 0 spiro atoms. The van der Waals surface area contributed by atoms with Crippen LogP contribution in [0.5, 0.6) is 11.5 Å². The number of benzene rings is 1. The largest absolute Gasteiger partial charge is 0.497 e. The number of hydrogen-bond acceptors (Lipinski definition) is 4. The maximum Gasteiger partial charge on any atom is 0.127 e. The molecule has 0 bridgehead atoms. The van der Waals surface area contributed by atoms with Crippen molar-refractivity contribution < 1.29 is 14.6 Å². The van der Waals surface area contributed by atoms with Gasteiger partial charge in [0.05, 0.1) is 7.11 Å². The summed E-state index contributed by atoms with van der Waals surface area (Å²) in [5.41, 5.74) is 2.52. The highest BCUT2D eigenvalue weighted by molar-refractivity contribution is 5.49. The Morgan fingerprint density at radius 2 is 2.14 bits per heavy atom. The van der Waals surface area contributed by atoms with Gasteiger partial charge in [-0.1, -0.05) is 0 Å². The molecule has 4 nitrogen and oxygen atoms in total. The molecule has 122 valence electrons. The fourth-order valence-corrected chi connectivity index (χ4v) is 3.29. The topological polar surface area (TPSA) is 41.9 Å². The molecule has 0 amide bonds. The Bertz CT molecular complexity index is 513. The van der Waals surface area contributed by atoms with E-state index in [4.69, 9.17) is 14.6 Å². The Labute approximate surface area is 133 Å². The van der Waals surface area contributed by atoms with Crippen molar-refractivity contribution in [2.45, 2.75) is 57.7 Å². The van der Waals surface area contributed by atoms with E-state index >= 15 is 0 Å². The zero-order valence-electron chi connectivity index (χ0n) is 13.7. The quantitative estimate of drug-likeness (QED) is 0.750. The molecule has 2 aliphatic rings. The van der Waals surface area contributed by atoms with Crippen LogP contribution < -0.4 is 9.47 Å². The van der Waals surface area contributed by atoms with Crippen LogP contribution in [0.2, 0.25) is 0 Å². The average molecular weight is 305 g/mol. The first kappa shape index (κ1) is 15.6. The van der Waals surface area contributed by atoms with Gasteiger partial charge in [-0.25, -0.2) is 0 Å². The predicted molar refractivity (Wildman–Crippen MR) is 86.5 cm³/mol. The fraction of sp³-hybridized carbons (Fsp3) is 0.667. The van der Waals surface area contributed by atoms with Crippen LogP contribution in [0.1, 0.15) is 43.7 Å². The third kappa shape index (κ3) is 3.55. The molecule has 1 N–H and O–H groups in total. The summed E-state index contributed by atoms with van der Waals surface area (Å²) in [6.45, 7) is 4.37. The van der Waals surface area contributed by atoms with Gasteiger partial charge in [-0.2, -0.15) is 0 Å². The molecule has 1 atom stereocenters. The van der Waals surface area contributed by atoms with Crippen molar-refractivity contribution in [1.29, 1.82) is 0 Å². The smallest absolute Gasteiger partial charge is 0.127 e. The first-order chi connectivity index (χ1) is 10.7. The number of aliphatic hydroxyl groups excluding tert-OH is 1. The van der Waals surface area contributed by atoms with E-state index < -0.39 is 0 Å². The van der Waals surface area contributed by atoms with Crippen LogP contribution in [0.3, 0.4) is 0 Å². The maximum absolute atomic E-state index is 8.99. The SMILES string of the molecule is COc1cc2c(c(CN(CCCCO)C3CC3)c1)OC(C)C2. The van der Waals surface area contributed by atoms with Crippen molar-refractivity contribution in [3.8, 4) is 11.5 Å². The second-order valence-electron chi connectivity index (χ2n) is 6.54. The Hall–Kier alpha value is -1.26. The highest BCUT2D eigenvalue weighted by Gasteiger charge is 2.31. The first-order valence-corrected chi connectivity index (χ1v) is 8.42. The molecule has 1 aromatic carbocycles. The minimum absolute atomic E-state index is 0.254. The lowest BCUT2D eigenvalue weighted by Gasteiger charge is -2.23. The van der Waals surface area contributed by atoms with Gasteiger partial charge in [0.2, 0.25) is 0 Å². The van der Waals surface area contributed by atoms with Crippen molar-refractivity contribution in [3.63, 3.8) is 0 Å². The summed E-state index contributed by atoms with van der Waals surface area (Å²) in [5.74, 6) is 2.00. The molecule has 4 heteroatoms. The number of fused-ring (bicyclic) bond motifs is 1. The summed E-state index contributed by atoms with van der Waals surface area (Å²) in [6, 6.07) is 4.94. The first-order valence-electron chi connectivity index (χ1n) is 8.42. The van der Waals surface area contributed by atoms with E-state index in [1.165, 1.54) is 24.0 Å². The maximum atomic E-state index is 8.99. The summed E-state index contributed by atoms with van der Waals surface area (Å²) in [6.07, 6.45) is 5.74. The Kier molecular flexibility index (Phi) is 4.89. The summed E-state index contributed by atoms with van der Waals surface area (Å²) < 4.78 is 11.5. The molecule has 0 aromatic heterocycles. The van der Waals surface area contributed by atoms with E-state index in [0.29, 0.717) is 6.04 Å². The standard InChI is InChI=1S/C18H27NO3/c1-13-9-14-10-17(21-2)11-15(18(14)22-13)12-19(16-5-6-16)7-3-4-8-20/h10-11,13,16,20H,3-9,12H2,1-2H3. The Morgan fingerprint density at radius 1 is 1.32 bits per heavy atom. The minimum Gasteiger partial charge on any atom is -0.497 e. The zero-order valence-corrected chi connectivity index (χ0v) is 13.7. The molecule has 0 saturated heterocycles. The van der Waals surface area contributed by atoms with Crippen molar-refractivity contribution in [3.05, 3.63) is 23.3 Å². The van der Waals surface area contributed by atoms with Gasteiger partial charge in [0.1, 0.15) is 17.6 Å². The third-order valence-electron chi connectivity index (χ3n) is 4.57. The van der Waals surface area contributed by atoms with Gasteiger partial charge >= 0.3 is 0 Å². The number of hydrogen-bond donors (Lipinski definition) is 1. The minimum atomic E-state index is 0.254. The van der Waals surface area contributed by atoms with Crippen LogP contribution in [0, 0.1) is 0 Å². The molecule has 1 fully saturated rings. The van der Waals surface area contributed by atoms with E-state index in [9.17, 15) is 0 Å². The molecule has 1 aromatic rings. The summed E-state index contributed by atoms with van der Waals surface area (Å²) in [5, 5.41) is 8.99. The monoisotopic (exact) mass is 305 g/mol. The average Bonchev–Trinajstić information content (AvgIpc) is 3.27. The summed E-state index contributed by atoms with van der Waals surface area (Å²) in [4.78, 5) is 2.54. The van der Waals surface area contributed by atoms with Gasteiger partial charge in [0, 0.05) is 36.7 Å². The molecule has 3 rings (SSSR count). The van der Waals surface area contributed by atoms with Gasteiger partial charge in [-0.3, -0.25) is 4.90 Å². The lowest BCUT2D eigenvalue weighted by Crippen LogP contribution is -2.27. The van der Waals surface area contributed by atoms with E-state index in [2.05, 4.69) is 24.0 Å². The molecular formula is C18H27NO3. The normalized spacial score (nSPS) is 20.1. The van der Waals surface area contributed by atoms with Crippen molar-refractivity contribution in [1.82, 2.24) is 4.90 Å².